The van der Waals surface area contributed by atoms with E-state index in [1.807, 2.05) is 43.5 Å². The van der Waals surface area contributed by atoms with Gasteiger partial charge < -0.3 is 14.6 Å². The second-order valence-corrected chi connectivity index (χ2v) is 6.46. The van der Waals surface area contributed by atoms with Crippen molar-refractivity contribution in [3.8, 4) is 11.6 Å². The zero-order valence-corrected chi connectivity index (χ0v) is 14.6. The van der Waals surface area contributed by atoms with Crippen LogP contribution in [0.15, 0.2) is 54.9 Å². The fourth-order valence-electron chi connectivity index (χ4n) is 3.16. The van der Waals surface area contributed by atoms with E-state index in [0.29, 0.717) is 17.2 Å². The van der Waals surface area contributed by atoms with Crippen LogP contribution in [-0.4, -0.2) is 26.5 Å². The van der Waals surface area contributed by atoms with Crippen LogP contribution in [0, 0.1) is 6.92 Å². The van der Waals surface area contributed by atoms with E-state index in [0.717, 1.165) is 30.9 Å². The van der Waals surface area contributed by atoms with Crippen molar-refractivity contribution in [3.05, 3.63) is 71.9 Å². The summed E-state index contributed by atoms with van der Waals surface area (Å²) in [7, 11) is 0. The first-order chi connectivity index (χ1) is 12.7. The number of benzene rings is 1. The molecule has 1 aliphatic rings. The molecule has 4 rings (SSSR count). The molecule has 0 fully saturated rings. The molecule has 6 nitrogen and oxygen atoms in total. The van der Waals surface area contributed by atoms with Gasteiger partial charge in [0.1, 0.15) is 11.6 Å². The molecule has 0 unspecified atom stereocenters. The van der Waals surface area contributed by atoms with Crippen LogP contribution in [-0.2, 0) is 13.0 Å². The van der Waals surface area contributed by atoms with E-state index in [1.165, 1.54) is 0 Å². The summed E-state index contributed by atoms with van der Waals surface area (Å²) in [6.07, 6.45) is 5.35. The SMILES string of the molecule is Cc1cn2c(n1)CC[C@@H](NC(=O)c1ccc(Oc3ccccc3)nc1)C2. The van der Waals surface area contributed by atoms with E-state index < -0.39 is 0 Å². The highest BCUT2D eigenvalue weighted by molar-refractivity contribution is 5.94. The van der Waals surface area contributed by atoms with Crippen LogP contribution in [0.2, 0.25) is 0 Å². The van der Waals surface area contributed by atoms with Crippen molar-refractivity contribution in [3.63, 3.8) is 0 Å². The Morgan fingerprint density at radius 1 is 1.23 bits per heavy atom. The van der Waals surface area contributed by atoms with Crippen LogP contribution >= 0.6 is 0 Å². The molecule has 2 aromatic heterocycles. The van der Waals surface area contributed by atoms with E-state index in [9.17, 15) is 4.79 Å². The number of carbonyl (C=O) groups excluding carboxylic acids is 1. The molecule has 0 saturated heterocycles. The molecule has 0 aliphatic carbocycles. The average molecular weight is 348 g/mol. The first kappa shape index (κ1) is 16.3. The van der Waals surface area contributed by atoms with Gasteiger partial charge in [0.15, 0.2) is 0 Å². The molecule has 1 atom stereocenters. The summed E-state index contributed by atoms with van der Waals surface area (Å²) in [6, 6.07) is 13.0. The van der Waals surface area contributed by atoms with E-state index in [1.54, 1.807) is 18.3 Å². The second-order valence-electron chi connectivity index (χ2n) is 6.46. The van der Waals surface area contributed by atoms with Gasteiger partial charge in [-0.15, -0.1) is 0 Å². The summed E-state index contributed by atoms with van der Waals surface area (Å²) in [5, 5.41) is 3.09. The number of aromatic nitrogens is 3. The Labute approximate surface area is 151 Å². The van der Waals surface area contributed by atoms with Gasteiger partial charge in [0, 0.05) is 37.5 Å². The molecular formula is C20H20N4O2. The predicted molar refractivity (Wildman–Crippen MR) is 97.3 cm³/mol. The molecule has 0 spiro atoms. The summed E-state index contributed by atoms with van der Waals surface area (Å²) in [5.74, 6) is 2.15. The molecule has 0 radical (unpaired) electrons. The summed E-state index contributed by atoms with van der Waals surface area (Å²) >= 11 is 0. The molecule has 1 N–H and O–H groups in total. The number of rotatable bonds is 4. The highest BCUT2D eigenvalue weighted by Crippen LogP contribution is 2.19. The maximum atomic E-state index is 12.5. The molecule has 1 aromatic carbocycles. The van der Waals surface area contributed by atoms with Crippen molar-refractivity contribution in [1.82, 2.24) is 19.9 Å². The number of pyridine rings is 1. The van der Waals surface area contributed by atoms with Crippen LogP contribution in [0.1, 0.15) is 28.3 Å². The quantitative estimate of drug-likeness (QED) is 0.786. The molecule has 1 amide bonds. The average Bonchev–Trinajstić information content (AvgIpc) is 3.02. The molecular weight excluding hydrogens is 328 g/mol. The van der Waals surface area contributed by atoms with Gasteiger partial charge in [0.25, 0.3) is 5.91 Å². The Balaban J connectivity index is 1.38. The van der Waals surface area contributed by atoms with Gasteiger partial charge in [0.2, 0.25) is 5.88 Å². The third-order valence-corrected chi connectivity index (χ3v) is 4.41. The van der Waals surface area contributed by atoms with Crippen LogP contribution in [0.25, 0.3) is 0 Å². The fourth-order valence-corrected chi connectivity index (χ4v) is 3.16. The van der Waals surface area contributed by atoms with Gasteiger partial charge in [-0.3, -0.25) is 4.79 Å². The van der Waals surface area contributed by atoms with Crippen LogP contribution in [0.3, 0.4) is 0 Å². The highest BCUT2D eigenvalue weighted by atomic mass is 16.5. The maximum Gasteiger partial charge on any atom is 0.253 e. The summed E-state index contributed by atoms with van der Waals surface area (Å²) < 4.78 is 7.78. The number of hydrogen-bond donors (Lipinski definition) is 1. The molecule has 0 bridgehead atoms. The molecule has 3 heterocycles. The lowest BCUT2D eigenvalue weighted by Gasteiger charge is -2.24. The first-order valence-electron chi connectivity index (χ1n) is 8.70. The second kappa shape index (κ2) is 7.00. The number of amides is 1. The lowest BCUT2D eigenvalue weighted by atomic mass is 10.1. The van der Waals surface area contributed by atoms with E-state index in [2.05, 4.69) is 19.9 Å². The molecule has 6 heteroatoms. The van der Waals surface area contributed by atoms with Crippen molar-refractivity contribution in [2.45, 2.75) is 32.4 Å². The van der Waals surface area contributed by atoms with Gasteiger partial charge >= 0.3 is 0 Å². The third kappa shape index (κ3) is 3.59. The monoisotopic (exact) mass is 348 g/mol. The molecule has 3 aromatic rings. The van der Waals surface area contributed by atoms with Gasteiger partial charge in [0.05, 0.1) is 11.3 Å². The number of nitrogens with one attached hydrogen (secondary N) is 1. The molecule has 132 valence electrons. The molecule has 0 saturated carbocycles. The summed E-state index contributed by atoms with van der Waals surface area (Å²) in [4.78, 5) is 21.2. The number of hydrogen-bond acceptors (Lipinski definition) is 4. The van der Waals surface area contributed by atoms with E-state index >= 15 is 0 Å². The number of ether oxygens (including phenoxy) is 1. The topological polar surface area (TPSA) is 69.0 Å². The zero-order valence-electron chi connectivity index (χ0n) is 14.6. The Morgan fingerprint density at radius 3 is 2.85 bits per heavy atom. The lowest BCUT2D eigenvalue weighted by Crippen LogP contribution is -2.40. The largest absolute Gasteiger partial charge is 0.439 e. The third-order valence-electron chi connectivity index (χ3n) is 4.41. The van der Waals surface area contributed by atoms with Gasteiger partial charge in [-0.2, -0.15) is 0 Å². The Bertz CT molecular complexity index is 903. The number of imidazole rings is 1. The van der Waals surface area contributed by atoms with E-state index in [-0.39, 0.29) is 11.9 Å². The smallest absolute Gasteiger partial charge is 0.253 e. The number of fused-ring (bicyclic) bond motifs is 1. The van der Waals surface area contributed by atoms with Gasteiger partial charge in [-0.25, -0.2) is 9.97 Å². The minimum absolute atomic E-state index is 0.101. The fraction of sp³-hybridized carbons (Fsp3) is 0.250. The predicted octanol–water partition coefficient (Wildman–Crippen LogP) is 3.12. The standard InChI is InChI=1S/C20H20N4O2/c1-14-12-24-13-16(8-9-18(24)22-14)23-20(25)15-7-10-19(21-11-15)26-17-5-3-2-4-6-17/h2-7,10-12,16H,8-9,13H2,1H3,(H,23,25)/t16-/m1/s1. The number of para-hydroxylation sites is 1. The van der Waals surface area contributed by atoms with Gasteiger partial charge in [-0.1, -0.05) is 18.2 Å². The van der Waals surface area contributed by atoms with Crippen LogP contribution in [0.4, 0.5) is 0 Å². The van der Waals surface area contributed by atoms with Crippen molar-refractivity contribution in [2.75, 3.05) is 0 Å². The van der Waals surface area contributed by atoms with Crippen LogP contribution < -0.4 is 10.1 Å². The Morgan fingerprint density at radius 2 is 2.08 bits per heavy atom. The number of aryl methyl sites for hydroxylation is 2. The van der Waals surface area contributed by atoms with Crippen LogP contribution in [0.5, 0.6) is 11.6 Å². The Hall–Kier alpha value is -3.15. The molecule has 1 aliphatic heterocycles. The lowest BCUT2D eigenvalue weighted by molar-refractivity contribution is 0.0927. The minimum atomic E-state index is -0.117. The van der Waals surface area contributed by atoms with Crippen molar-refractivity contribution >= 4 is 5.91 Å². The summed E-state index contributed by atoms with van der Waals surface area (Å²) in [5.41, 5.74) is 1.54. The maximum absolute atomic E-state index is 12.5. The van der Waals surface area contributed by atoms with Crippen molar-refractivity contribution in [2.24, 2.45) is 0 Å². The van der Waals surface area contributed by atoms with Crippen molar-refractivity contribution < 1.29 is 9.53 Å². The normalized spacial score (nSPS) is 16.0. The number of carbonyl (C=O) groups is 1. The van der Waals surface area contributed by atoms with E-state index in [4.69, 9.17) is 4.74 Å². The van der Waals surface area contributed by atoms with Gasteiger partial charge in [-0.05, 0) is 31.5 Å². The highest BCUT2D eigenvalue weighted by Gasteiger charge is 2.21. The first-order valence-corrected chi connectivity index (χ1v) is 8.70. The zero-order chi connectivity index (χ0) is 17.9. The molecule has 26 heavy (non-hydrogen) atoms. The Kier molecular flexibility index (Phi) is 4.39. The minimum Gasteiger partial charge on any atom is -0.439 e. The summed E-state index contributed by atoms with van der Waals surface area (Å²) in [6.45, 7) is 2.74. The van der Waals surface area contributed by atoms with Crippen molar-refractivity contribution in [1.29, 1.82) is 0 Å². The number of nitrogens with zero attached hydrogens (tertiary/aromatic N) is 3.